The smallest absolute Gasteiger partial charge is 0.246 e. The number of rotatable bonds is 4. The van der Waals surface area contributed by atoms with Crippen LogP contribution in [0.1, 0.15) is 24.1 Å². The molecule has 4 rings (SSSR count). The molecule has 0 spiro atoms. The summed E-state index contributed by atoms with van der Waals surface area (Å²) in [5, 5.41) is 0. The molecular weight excluding hydrogens is 388 g/mol. The fourth-order valence-corrected chi connectivity index (χ4v) is 3.82. The summed E-state index contributed by atoms with van der Waals surface area (Å²) < 4.78 is 27.0. The molecule has 2 aliphatic heterocycles. The van der Waals surface area contributed by atoms with Gasteiger partial charge in [0.25, 0.3) is 0 Å². The highest BCUT2D eigenvalue weighted by atomic mass is 19.1. The van der Waals surface area contributed by atoms with Crippen molar-refractivity contribution in [2.45, 2.75) is 19.8 Å². The minimum Gasteiger partial charge on any atom is -0.356 e. The Morgan fingerprint density at radius 2 is 1.70 bits per heavy atom. The van der Waals surface area contributed by atoms with Crippen LogP contribution >= 0.6 is 0 Å². The highest BCUT2D eigenvalue weighted by Gasteiger charge is 2.23. The zero-order valence-electron chi connectivity index (χ0n) is 17.0. The van der Waals surface area contributed by atoms with Gasteiger partial charge in [-0.05, 0) is 44.0 Å². The Hall–Kier alpha value is -3.03. The van der Waals surface area contributed by atoms with E-state index in [9.17, 15) is 13.6 Å². The second-order valence-electron chi connectivity index (χ2n) is 7.67. The molecule has 1 aromatic carbocycles. The standard InChI is InChI=1S/C22H25F2N5O/c1-16-14-20(27-8-2-3-9-27)26-22(25-16)29-12-10-28(11-13-29)21(30)7-4-17-15-18(23)5-6-19(17)24/h4-7,14-15H,2-3,8-13H2,1H3/b7-4+. The number of aryl methyl sites for hydroxylation is 1. The monoisotopic (exact) mass is 413 g/mol. The second kappa shape index (κ2) is 8.77. The van der Waals surface area contributed by atoms with Crippen molar-refractivity contribution in [2.24, 2.45) is 0 Å². The zero-order valence-corrected chi connectivity index (χ0v) is 17.0. The molecule has 0 saturated carbocycles. The number of nitrogens with zero attached hydrogens (tertiary/aromatic N) is 5. The van der Waals surface area contributed by atoms with E-state index < -0.39 is 11.6 Å². The number of hydrogen-bond donors (Lipinski definition) is 0. The Morgan fingerprint density at radius 1 is 0.967 bits per heavy atom. The highest BCUT2D eigenvalue weighted by Crippen LogP contribution is 2.22. The van der Waals surface area contributed by atoms with E-state index in [1.807, 2.05) is 13.0 Å². The van der Waals surface area contributed by atoms with Crippen LogP contribution in [0.5, 0.6) is 0 Å². The summed E-state index contributed by atoms with van der Waals surface area (Å²) in [6.45, 7) is 6.30. The van der Waals surface area contributed by atoms with Gasteiger partial charge in [0, 0.05) is 62.7 Å². The van der Waals surface area contributed by atoms with E-state index in [0.29, 0.717) is 32.1 Å². The van der Waals surface area contributed by atoms with E-state index in [4.69, 9.17) is 4.98 Å². The molecule has 2 saturated heterocycles. The van der Waals surface area contributed by atoms with Crippen molar-refractivity contribution >= 4 is 23.7 Å². The lowest BCUT2D eigenvalue weighted by atomic mass is 10.2. The number of carbonyl (C=O) groups excluding carboxylic acids is 1. The van der Waals surface area contributed by atoms with Gasteiger partial charge in [-0.25, -0.2) is 13.8 Å². The molecule has 8 heteroatoms. The van der Waals surface area contributed by atoms with Crippen LogP contribution in [0.2, 0.25) is 0 Å². The summed E-state index contributed by atoms with van der Waals surface area (Å²) in [6, 6.07) is 5.20. The second-order valence-corrected chi connectivity index (χ2v) is 7.67. The third-order valence-corrected chi connectivity index (χ3v) is 5.50. The predicted molar refractivity (Wildman–Crippen MR) is 112 cm³/mol. The number of piperazine rings is 1. The van der Waals surface area contributed by atoms with Crippen LogP contribution in [-0.4, -0.2) is 60.0 Å². The molecular formula is C22H25F2N5O. The van der Waals surface area contributed by atoms with Crippen molar-refractivity contribution in [1.82, 2.24) is 14.9 Å². The van der Waals surface area contributed by atoms with Crippen LogP contribution in [0.15, 0.2) is 30.3 Å². The summed E-state index contributed by atoms with van der Waals surface area (Å²) in [5.74, 6) is 0.343. The van der Waals surface area contributed by atoms with Gasteiger partial charge in [0.2, 0.25) is 11.9 Å². The number of amides is 1. The van der Waals surface area contributed by atoms with Crippen LogP contribution in [-0.2, 0) is 4.79 Å². The molecule has 0 N–H and O–H groups in total. The number of benzene rings is 1. The molecule has 6 nitrogen and oxygen atoms in total. The fourth-order valence-electron chi connectivity index (χ4n) is 3.82. The fraction of sp³-hybridized carbons (Fsp3) is 0.409. The van der Waals surface area contributed by atoms with Crippen LogP contribution in [0.3, 0.4) is 0 Å². The van der Waals surface area contributed by atoms with Gasteiger partial charge >= 0.3 is 0 Å². The first-order valence-electron chi connectivity index (χ1n) is 10.3. The van der Waals surface area contributed by atoms with Crippen molar-refractivity contribution in [2.75, 3.05) is 49.1 Å². The lowest BCUT2D eigenvalue weighted by molar-refractivity contribution is -0.126. The molecule has 0 atom stereocenters. The number of anilines is 2. The molecule has 0 aliphatic carbocycles. The minimum atomic E-state index is -0.560. The van der Waals surface area contributed by atoms with Crippen LogP contribution < -0.4 is 9.80 Å². The number of halogens is 2. The topological polar surface area (TPSA) is 52.6 Å². The Morgan fingerprint density at radius 3 is 2.43 bits per heavy atom. The maximum absolute atomic E-state index is 13.7. The Bertz CT molecular complexity index is 951. The van der Waals surface area contributed by atoms with Gasteiger partial charge in [-0.2, -0.15) is 4.98 Å². The number of carbonyl (C=O) groups is 1. The first-order chi connectivity index (χ1) is 14.5. The van der Waals surface area contributed by atoms with Crippen LogP contribution in [0.25, 0.3) is 6.08 Å². The first kappa shape index (κ1) is 20.3. The van der Waals surface area contributed by atoms with Gasteiger partial charge in [0.15, 0.2) is 0 Å². The van der Waals surface area contributed by atoms with Crippen molar-refractivity contribution in [3.63, 3.8) is 0 Å². The average molecular weight is 413 g/mol. The van der Waals surface area contributed by atoms with Crippen molar-refractivity contribution in [3.8, 4) is 0 Å². The summed E-state index contributed by atoms with van der Waals surface area (Å²) in [7, 11) is 0. The molecule has 0 radical (unpaired) electrons. The molecule has 158 valence electrons. The van der Waals surface area contributed by atoms with Gasteiger partial charge in [0.05, 0.1) is 0 Å². The summed E-state index contributed by atoms with van der Waals surface area (Å²) in [5.41, 5.74) is 0.991. The molecule has 1 aromatic heterocycles. The molecule has 3 heterocycles. The van der Waals surface area contributed by atoms with Gasteiger partial charge in [-0.1, -0.05) is 0 Å². The third kappa shape index (κ3) is 4.58. The van der Waals surface area contributed by atoms with E-state index >= 15 is 0 Å². The van der Waals surface area contributed by atoms with Crippen molar-refractivity contribution in [1.29, 1.82) is 0 Å². The lowest BCUT2D eigenvalue weighted by Gasteiger charge is -2.34. The highest BCUT2D eigenvalue weighted by molar-refractivity contribution is 5.92. The summed E-state index contributed by atoms with van der Waals surface area (Å²) in [6.07, 6.45) is 4.99. The minimum absolute atomic E-state index is 0.0598. The SMILES string of the molecule is Cc1cc(N2CCCC2)nc(N2CCN(C(=O)/C=C/c3cc(F)ccc3F)CC2)n1. The van der Waals surface area contributed by atoms with E-state index in [2.05, 4.69) is 14.8 Å². The number of hydrogen-bond acceptors (Lipinski definition) is 5. The van der Waals surface area contributed by atoms with Gasteiger partial charge in [0.1, 0.15) is 17.5 Å². The van der Waals surface area contributed by atoms with Crippen LogP contribution in [0, 0.1) is 18.6 Å². The molecule has 0 bridgehead atoms. The maximum atomic E-state index is 13.7. The molecule has 2 fully saturated rings. The van der Waals surface area contributed by atoms with E-state index in [1.165, 1.54) is 25.0 Å². The zero-order chi connectivity index (χ0) is 21.1. The largest absolute Gasteiger partial charge is 0.356 e. The third-order valence-electron chi connectivity index (χ3n) is 5.50. The summed E-state index contributed by atoms with van der Waals surface area (Å²) >= 11 is 0. The summed E-state index contributed by atoms with van der Waals surface area (Å²) in [4.78, 5) is 27.9. The normalized spacial score (nSPS) is 17.2. The molecule has 2 aromatic rings. The number of aromatic nitrogens is 2. The van der Waals surface area contributed by atoms with Crippen molar-refractivity contribution in [3.05, 3.63) is 53.2 Å². The predicted octanol–water partition coefficient (Wildman–Crippen LogP) is 3.03. The molecule has 0 unspecified atom stereocenters. The maximum Gasteiger partial charge on any atom is 0.246 e. The molecule has 1 amide bonds. The molecule has 30 heavy (non-hydrogen) atoms. The van der Waals surface area contributed by atoms with Gasteiger partial charge < -0.3 is 14.7 Å². The quantitative estimate of drug-likeness (QED) is 0.722. The Labute approximate surface area is 174 Å². The van der Waals surface area contributed by atoms with Gasteiger partial charge in [-0.3, -0.25) is 4.79 Å². The van der Waals surface area contributed by atoms with Gasteiger partial charge in [-0.15, -0.1) is 0 Å². The van der Waals surface area contributed by atoms with E-state index in [-0.39, 0.29) is 11.5 Å². The molecule has 2 aliphatic rings. The van der Waals surface area contributed by atoms with E-state index in [0.717, 1.165) is 42.8 Å². The van der Waals surface area contributed by atoms with E-state index in [1.54, 1.807) is 4.90 Å². The lowest BCUT2D eigenvalue weighted by Crippen LogP contribution is -2.49. The Kier molecular flexibility index (Phi) is 5.92. The first-order valence-corrected chi connectivity index (χ1v) is 10.3. The van der Waals surface area contributed by atoms with Crippen molar-refractivity contribution < 1.29 is 13.6 Å². The average Bonchev–Trinajstić information content (AvgIpc) is 3.29. The Balaban J connectivity index is 1.38. The van der Waals surface area contributed by atoms with Crippen LogP contribution in [0.4, 0.5) is 20.5 Å².